The Morgan fingerprint density at radius 1 is 1.31 bits per heavy atom. The van der Waals surface area contributed by atoms with E-state index in [1.54, 1.807) is 6.20 Å². The number of hydrogen-bond donors (Lipinski definition) is 1. The van der Waals surface area contributed by atoms with Crippen molar-refractivity contribution in [1.29, 1.82) is 0 Å². The molecule has 74 valence electrons. The van der Waals surface area contributed by atoms with E-state index in [-0.39, 0.29) is 11.1 Å². The fraction of sp³-hybridized carbons (Fsp3) is 0.700. The molecule has 1 heterocycles. The third-order valence-electron chi connectivity index (χ3n) is 2.09. The molecule has 0 amide bonds. The fourth-order valence-electron chi connectivity index (χ4n) is 1.82. The van der Waals surface area contributed by atoms with Crippen LogP contribution in [0.4, 0.5) is 0 Å². The van der Waals surface area contributed by atoms with Crippen LogP contribution in [-0.4, -0.2) is 15.1 Å². The molecule has 0 saturated heterocycles. The third-order valence-corrected chi connectivity index (χ3v) is 2.09. The summed E-state index contributed by atoms with van der Waals surface area (Å²) in [7, 11) is 0. The summed E-state index contributed by atoms with van der Waals surface area (Å²) in [6.07, 6.45) is 6.54. The summed E-state index contributed by atoms with van der Waals surface area (Å²) in [6, 6.07) is 0. The van der Waals surface area contributed by atoms with Crippen molar-refractivity contribution >= 4 is 0 Å². The van der Waals surface area contributed by atoms with Crippen LogP contribution in [0.1, 0.15) is 34.1 Å². The van der Waals surface area contributed by atoms with Gasteiger partial charge in [-0.25, -0.2) is 4.98 Å². The van der Waals surface area contributed by atoms with E-state index in [0.717, 1.165) is 6.42 Å². The molecule has 13 heavy (non-hydrogen) atoms. The first kappa shape index (κ1) is 10.3. The molecule has 1 aromatic heterocycles. The summed E-state index contributed by atoms with van der Waals surface area (Å²) in [5, 5.41) is 0. The van der Waals surface area contributed by atoms with Gasteiger partial charge < -0.3 is 10.3 Å². The maximum Gasteiger partial charge on any atom is 0.0950 e. The molecule has 1 rings (SSSR count). The van der Waals surface area contributed by atoms with Crippen LogP contribution in [0.3, 0.4) is 0 Å². The maximum absolute atomic E-state index is 5.99. The first-order valence-electron chi connectivity index (χ1n) is 4.59. The zero-order chi connectivity index (χ0) is 10.1. The molecule has 1 aromatic rings. The number of hydrogen-bond acceptors (Lipinski definition) is 2. The molecular weight excluding hydrogens is 162 g/mol. The van der Waals surface area contributed by atoms with Crippen LogP contribution in [0.15, 0.2) is 18.7 Å². The molecule has 0 fully saturated rings. The molecule has 3 nitrogen and oxygen atoms in total. The summed E-state index contributed by atoms with van der Waals surface area (Å²) < 4.78 is 2.10. The summed E-state index contributed by atoms with van der Waals surface area (Å²) in [4.78, 5) is 4.04. The minimum Gasteiger partial charge on any atom is -0.332 e. The Morgan fingerprint density at radius 2 is 1.92 bits per heavy atom. The number of aromatic nitrogens is 2. The average molecular weight is 181 g/mol. The van der Waals surface area contributed by atoms with Gasteiger partial charge in [-0.3, -0.25) is 0 Å². The molecule has 0 aliphatic heterocycles. The molecule has 0 spiro atoms. The highest BCUT2D eigenvalue weighted by Crippen LogP contribution is 2.24. The van der Waals surface area contributed by atoms with Gasteiger partial charge in [-0.2, -0.15) is 0 Å². The molecule has 3 heteroatoms. The molecule has 0 aliphatic rings. The lowest BCUT2D eigenvalue weighted by atomic mass is 9.87. The van der Waals surface area contributed by atoms with Crippen molar-refractivity contribution in [3.05, 3.63) is 18.7 Å². The maximum atomic E-state index is 5.99. The molecule has 0 radical (unpaired) electrons. The summed E-state index contributed by atoms with van der Waals surface area (Å²) in [5.41, 5.74) is 5.89. The molecule has 0 aromatic carbocycles. The average Bonchev–Trinajstić information content (AvgIpc) is 2.29. The highest BCUT2D eigenvalue weighted by atomic mass is 15.1. The topological polar surface area (TPSA) is 43.8 Å². The second-order valence-electron chi connectivity index (χ2n) is 4.95. The lowest BCUT2D eigenvalue weighted by Crippen LogP contribution is -2.41. The van der Waals surface area contributed by atoms with Gasteiger partial charge in [0.05, 0.1) is 6.33 Å². The minimum absolute atomic E-state index is 0.0365. The zero-order valence-electron chi connectivity index (χ0n) is 8.91. The Bertz CT molecular complexity index is 254. The third kappa shape index (κ3) is 2.84. The zero-order valence-corrected chi connectivity index (χ0v) is 8.91. The van der Waals surface area contributed by atoms with Crippen LogP contribution in [0.2, 0.25) is 0 Å². The van der Waals surface area contributed by atoms with Gasteiger partial charge in [0.2, 0.25) is 0 Å². The Morgan fingerprint density at radius 3 is 2.31 bits per heavy atom. The van der Waals surface area contributed by atoms with E-state index in [1.165, 1.54) is 0 Å². The van der Waals surface area contributed by atoms with Gasteiger partial charge in [-0.05, 0) is 34.1 Å². The lowest BCUT2D eigenvalue weighted by molar-refractivity contribution is 0.258. The molecule has 0 bridgehead atoms. The van der Waals surface area contributed by atoms with Crippen molar-refractivity contribution in [3.63, 3.8) is 0 Å². The Balaban J connectivity index is 2.78. The van der Waals surface area contributed by atoms with E-state index in [9.17, 15) is 0 Å². The van der Waals surface area contributed by atoms with Gasteiger partial charge in [-0.1, -0.05) is 0 Å². The minimum atomic E-state index is -0.145. The normalized spacial score (nSPS) is 13.3. The molecular formula is C10H19N3. The van der Waals surface area contributed by atoms with Crippen LogP contribution in [-0.2, 0) is 5.54 Å². The predicted octanol–water partition coefficient (Wildman–Crippen LogP) is 1.75. The van der Waals surface area contributed by atoms with Crippen molar-refractivity contribution in [2.75, 3.05) is 0 Å². The smallest absolute Gasteiger partial charge is 0.0950 e. The molecule has 0 unspecified atom stereocenters. The summed E-state index contributed by atoms with van der Waals surface area (Å²) in [6.45, 7) is 8.43. The largest absolute Gasteiger partial charge is 0.332 e. The summed E-state index contributed by atoms with van der Waals surface area (Å²) in [5.74, 6) is 0. The van der Waals surface area contributed by atoms with Crippen molar-refractivity contribution < 1.29 is 0 Å². The molecule has 2 N–H and O–H groups in total. The van der Waals surface area contributed by atoms with Crippen molar-refractivity contribution in [3.8, 4) is 0 Å². The standard InChI is InChI=1S/C10H19N3/c1-9(2,11)7-10(3,4)13-6-5-12-8-13/h5-6,8H,7,11H2,1-4H3. The SMILES string of the molecule is CC(C)(N)CC(C)(C)n1ccnc1. The van der Waals surface area contributed by atoms with E-state index < -0.39 is 0 Å². The first-order valence-corrected chi connectivity index (χ1v) is 4.59. The lowest BCUT2D eigenvalue weighted by Gasteiger charge is -2.33. The second-order valence-corrected chi connectivity index (χ2v) is 4.95. The van der Waals surface area contributed by atoms with Crippen molar-refractivity contribution in [2.45, 2.75) is 45.2 Å². The van der Waals surface area contributed by atoms with Gasteiger partial charge in [0.25, 0.3) is 0 Å². The van der Waals surface area contributed by atoms with Gasteiger partial charge in [0.15, 0.2) is 0 Å². The quantitative estimate of drug-likeness (QED) is 0.772. The van der Waals surface area contributed by atoms with Gasteiger partial charge in [0.1, 0.15) is 0 Å². The van der Waals surface area contributed by atoms with E-state index in [0.29, 0.717) is 0 Å². The van der Waals surface area contributed by atoms with Crippen molar-refractivity contribution in [2.24, 2.45) is 5.73 Å². The van der Waals surface area contributed by atoms with E-state index >= 15 is 0 Å². The van der Waals surface area contributed by atoms with E-state index in [2.05, 4.69) is 23.4 Å². The highest BCUT2D eigenvalue weighted by molar-refractivity contribution is 4.91. The Kier molecular flexibility index (Phi) is 2.48. The van der Waals surface area contributed by atoms with E-state index in [1.807, 2.05) is 26.4 Å². The van der Waals surface area contributed by atoms with E-state index in [4.69, 9.17) is 5.73 Å². The molecule has 0 aliphatic carbocycles. The second kappa shape index (κ2) is 3.14. The molecule has 0 atom stereocenters. The Hall–Kier alpha value is -0.830. The number of nitrogens with two attached hydrogens (primary N) is 1. The van der Waals surface area contributed by atoms with Gasteiger partial charge in [0, 0.05) is 23.5 Å². The Labute approximate surface area is 80.0 Å². The van der Waals surface area contributed by atoms with Crippen LogP contribution < -0.4 is 5.73 Å². The van der Waals surface area contributed by atoms with Gasteiger partial charge >= 0.3 is 0 Å². The van der Waals surface area contributed by atoms with Crippen LogP contribution in [0.5, 0.6) is 0 Å². The first-order chi connectivity index (χ1) is 5.81. The number of rotatable bonds is 3. The number of imidazole rings is 1. The van der Waals surface area contributed by atoms with Crippen LogP contribution in [0.25, 0.3) is 0 Å². The summed E-state index contributed by atoms with van der Waals surface area (Å²) >= 11 is 0. The fourth-order valence-corrected chi connectivity index (χ4v) is 1.82. The van der Waals surface area contributed by atoms with Gasteiger partial charge in [-0.15, -0.1) is 0 Å². The highest BCUT2D eigenvalue weighted by Gasteiger charge is 2.26. The monoisotopic (exact) mass is 181 g/mol. The predicted molar refractivity (Wildman–Crippen MR) is 54.4 cm³/mol. The van der Waals surface area contributed by atoms with Crippen LogP contribution >= 0.6 is 0 Å². The molecule has 0 saturated carbocycles. The number of nitrogens with zero attached hydrogens (tertiary/aromatic N) is 2. The van der Waals surface area contributed by atoms with Crippen molar-refractivity contribution in [1.82, 2.24) is 9.55 Å². The van der Waals surface area contributed by atoms with Crippen LogP contribution in [0, 0.1) is 0 Å².